The summed E-state index contributed by atoms with van der Waals surface area (Å²) in [6.07, 6.45) is 1.82. The zero-order valence-electron chi connectivity index (χ0n) is 11.7. The highest BCUT2D eigenvalue weighted by atomic mass is 15.1. The Kier molecular flexibility index (Phi) is 4.58. The molecule has 0 atom stereocenters. The summed E-state index contributed by atoms with van der Waals surface area (Å²) >= 11 is 0. The first-order valence-electron chi connectivity index (χ1n) is 6.85. The molecule has 0 aliphatic carbocycles. The zero-order chi connectivity index (χ0) is 13.7. The van der Waals surface area contributed by atoms with E-state index in [4.69, 9.17) is 5.73 Å². The summed E-state index contributed by atoms with van der Waals surface area (Å²) < 4.78 is 0. The second-order valence-electron chi connectivity index (χ2n) is 4.59. The van der Waals surface area contributed by atoms with Gasteiger partial charge in [-0.2, -0.15) is 0 Å². The molecule has 3 N–H and O–H groups in total. The molecule has 0 spiro atoms. The standard InChI is InChI=1S/C15H22N4/c1-3-19(4-2)10-9-18-15-14-6-5-13(16)11-12(14)7-8-17-15/h5-8,11H,3-4,9-10,16H2,1-2H3,(H,17,18). The number of nitrogens with one attached hydrogen (secondary N) is 1. The van der Waals surface area contributed by atoms with Crippen LogP contribution in [0.1, 0.15) is 13.8 Å². The number of benzene rings is 1. The third kappa shape index (κ3) is 3.35. The highest BCUT2D eigenvalue weighted by Crippen LogP contribution is 2.22. The van der Waals surface area contributed by atoms with E-state index in [2.05, 4.69) is 29.0 Å². The van der Waals surface area contributed by atoms with Gasteiger partial charge in [0.25, 0.3) is 0 Å². The molecule has 1 aromatic heterocycles. The molecule has 1 aromatic carbocycles. The van der Waals surface area contributed by atoms with E-state index in [1.165, 1.54) is 0 Å². The first-order valence-corrected chi connectivity index (χ1v) is 6.85. The molecule has 0 saturated heterocycles. The molecule has 0 radical (unpaired) electrons. The lowest BCUT2D eigenvalue weighted by atomic mass is 10.1. The lowest BCUT2D eigenvalue weighted by molar-refractivity contribution is 0.316. The van der Waals surface area contributed by atoms with Crippen LogP contribution in [0.15, 0.2) is 30.5 Å². The molecule has 0 amide bonds. The van der Waals surface area contributed by atoms with Crippen LogP contribution in [0.3, 0.4) is 0 Å². The van der Waals surface area contributed by atoms with E-state index in [0.717, 1.165) is 48.5 Å². The van der Waals surface area contributed by atoms with Gasteiger partial charge < -0.3 is 16.0 Å². The SMILES string of the molecule is CCN(CC)CCNc1nccc2cc(N)ccc12. The van der Waals surface area contributed by atoms with Gasteiger partial charge in [0, 0.05) is 30.4 Å². The second-order valence-corrected chi connectivity index (χ2v) is 4.59. The maximum atomic E-state index is 5.80. The Morgan fingerprint density at radius 3 is 2.74 bits per heavy atom. The number of hydrogen-bond acceptors (Lipinski definition) is 4. The van der Waals surface area contributed by atoms with Gasteiger partial charge in [0.15, 0.2) is 0 Å². The first kappa shape index (κ1) is 13.6. The van der Waals surface area contributed by atoms with Crippen LogP contribution in [0, 0.1) is 0 Å². The maximum absolute atomic E-state index is 5.80. The molecule has 0 unspecified atom stereocenters. The molecular formula is C15H22N4. The molecule has 0 aliphatic rings. The number of anilines is 2. The first-order chi connectivity index (χ1) is 9.24. The van der Waals surface area contributed by atoms with Gasteiger partial charge in [-0.1, -0.05) is 13.8 Å². The summed E-state index contributed by atoms with van der Waals surface area (Å²) in [5, 5.41) is 5.66. The van der Waals surface area contributed by atoms with Crippen molar-refractivity contribution in [2.75, 3.05) is 37.2 Å². The smallest absolute Gasteiger partial charge is 0.133 e. The number of nitrogens with zero attached hydrogens (tertiary/aromatic N) is 2. The molecule has 102 valence electrons. The molecule has 0 bridgehead atoms. The van der Waals surface area contributed by atoms with E-state index >= 15 is 0 Å². The predicted molar refractivity (Wildman–Crippen MR) is 82.4 cm³/mol. The van der Waals surface area contributed by atoms with Gasteiger partial charge in [-0.25, -0.2) is 4.98 Å². The number of hydrogen-bond donors (Lipinski definition) is 2. The Hall–Kier alpha value is -1.81. The topological polar surface area (TPSA) is 54.2 Å². The lowest BCUT2D eigenvalue weighted by Crippen LogP contribution is -2.28. The third-order valence-corrected chi connectivity index (χ3v) is 3.40. The van der Waals surface area contributed by atoms with Gasteiger partial charge in [0.1, 0.15) is 5.82 Å². The van der Waals surface area contributed by atoms with Crippen LogP contribution < -0.4 is 11.1 Å². The van der Waals surface area contributed by atoms with Crippen molar-refractivity contribution in [1.29, 1.82) is 0 Å². The molecule has 2 rings (SSSR count). The van der Waals surface area contributed by atoms with Crippen LogP contribution in [0.2, 0.25) is 0 Å². The molecule has 1 heterocycles. The van der Waals surface area contributed by atoms with Crippen LogP contribution in [0.25, 0.3) is 10.8 Å². The summed E-state index contributed by atoms with van der Waals surface area (Å²) in [6, 6.07) is 7.91. The van der Waals surface area contributed by atoms with E-state index in [-0.39, 0.29) is 0 Å². The van der Waals surface area contributed by atoms with Crippen molar-refractivity contribution in [1.82, 2.24) is 9.88 Å². The fourth-order valence-corrected chi connectivity index (χ4v) is 2.21. The Morgan fingerprint density at radius 1 is 1.21 bits per heavy atom. The number of fused-ring (bicyclic) bond motifs is 1. The summed E-state index contributed by atoms with van der Waals surface area (Å²) in [4.78, 5) is 6.80. The molecule has 19 heavy (non-hydrogen) atoms. The van der Waals surface area contributed by atoms with Crippen molar-refractivity contribution in [3.8, 4) is 0 Å². The average Bonchev–Trinajstić information content (AvgIpc) is 2.43. The average molecular weight is 258 g/mol. The Bertz CT molecular complexity index is 535. The fraction of sp³-hybridized carbons (Fsp3) is 0.400. The minimum absolute atomic E-state index is 0.785. The predicted octanol–water partition coefficient (Wildman–Crippen LogP) is 2.57. The van der Waals surface area contributed by atoms with Crippen molar-refractivity contribution in [3.63, 3.8) is 0 Å². The number of aromatic nitrogens is 1. The molecule has 4 nitrogen and oxygen atoms in total. The van der Waals surface area contributed by atoms with Gasteiger partial charge in [-0.3, -0.25) is 0 Å². The Labute approximate surface area is 114 Å². The number of nitrogen functional groups attached to an aromatic ring is 1. The van der Waals surface area contributed by atoms with Gasteiger partial charge in [-0.05, 0) is 42.7 Å². The monoisotopic (exact) mass is 258 g/mol. The quantitative estimate of drug-likeness (QED) is 0.782. The third-order valence-electron chi connectivity index (χ3n) is 3.40. The molecule has 0 fully saturated rings. The minimum atomic E-state index is 0.785. The molecular weight excluding hydrogens is 236 g/mol. The van der Waals surface area contributed by atoms with E-state index in [9.17, 15) is 0 Å². The van der Waals surface area contributed by atoms with Crippen molar-refractivity contribution in [2.24, 2.45) is 0 Å². The van der Waals surface area contributed by atoms with Crippen molar-refractivity contribution in [2.45, 2.75) is 13.8 Å². The van der Waals surface area contributed by atoms with Crippen LogP contribution in [0.5, 0.6) is 0 Å². The van der Waals surface area contributed by atoms with Crippen LogP contribution >= 0.6 is 0 Å². The number of likely N-dealkylation sites (N-methyl/N-ethyl adjacent to an activating group) is 1. The summed E-state index contributed by atoms with van der Waals surface area (Å²) in [5.74, 6) is 0.935. The van der Waals surface area contributed by atoms with Gasteiger partial charge in [0.05, 0.1) is 0 Å². The Morgan fingerprint density at radius 2 is 2.00 bits per heavy atom. The molecule has 0 aliphatic heterocycles. The maximum Gasteiger partial charge on any atom is 0.133 e. The summed E-state index contributed by atoms with van der Waals surface area (Å²) in [6.45, 7) is 8.46. The Balaban J connectivity index is 2.08. The number of pyridine rings is 1. The minimum Gasteiger partial charge on any atom is -0.399 e. The van der Waals surface area contributed by atoms with Crippen LogP contribution in [-0.2, 0) is 0 Å². The van der Waals surface area contributed by atoms with Gasteiger partial charge in [-0.15, -0.1) is 0 Å². The fourth-order valence-electron chi connectivity index (χ4n) is 2.21. The summed E-state index contributed by atoms with van der Waals surface area (Å²) in [7, 11) is 0. The molecule has 2 aromatic rings. The van der Waals surface area contributed by atoms with Gasteiger partial charge >= 0.3 is 0 Å². The molecule has 0 saturated carbocycles. The van der Waals surface area contributed by atoms with Crippen LogP contribution in [0.4, 0.5) is 11.5 Å². The molecule has 4 heteroatoms. The van der Waals surface area contributed by atoms with E-state index in [0.29, 0.717) is 0 Å². The van der Waals surface area contributed by atoms with Gasteiger partial charge in [0.2, 0.25) is 0 Å². The summed E-state index contributed by atoms with van der Waals surface area (Å²) in [5.41, 5.74) is 6.59. The van der Waals surface area contributed by atoms with Crippen LogP contribution in [-0.4, -0.2) is 36.1 Å². The van der Waals surface area contributed by atoms with E-state index in [1.807, 2.05) is 30.5 Å². The number of rotatable bonds is 6. The van der Waals surface area contributed by atoms with E-state index < -0.39 is 0 Å². The van der Waals surface area contributed by atoms with Crippen molar-refractivity contribution >= 4 is 22.3 Å². The van der Waals surface area contributed by atoms with Crippen molar-refractivity contribution in [3.05, 3.63) is 30.5 Å². The van der Waals surface area contributed by atoms with E-state index in [1.54, 1.807) is 0 Å². The van der Waals surface area contributed by atoms with Crippen molar-refractivity contribution < 1.29 is 0 Å². The highest BCUT2D eigenvalue weighted by Gasteiger charge is 2.03. The number of nitrogens with two attached hydrogens (primary N) is 1. The normalized spacial score (nSPS) is 11.1. The highest BCUT2D eigenvalue weighted by molar-refractivity contribution is 5.93. The second kappa shape index (κ2) is 6.38. The lowest BCUT2D eigenvalue weighted by Gasteiger charge is -2.18. The zero-order valence-corrected chi connectivity index (χ0v) is 11.7. The largest absolute Gasteiger partial charge is 0.399 e.